The second-order valence-electron chi connectivity index (χ2n) is 8.48. The minimum Gasteiger partial charge on any atom is -0.394 e. The SMILES string of the molecule is CCCCCCCCCCCCC(O)(CO)C(O)C1(CO)O[C@H](CO)[C@@H](O)[C@@H]1O. The molecule has 0 bridgehead atoms. The van der Waals surface area contributed by atoms with Crippen LogP contribution in [0.5, 0.6) is 0 Å². The van der Waals surface area contributed by atoms with Gasteiger partial charge in [0, 0.05) is 0 Å². The second kappa shape index (κ2) is 13.2. The minimum atomic E-state index is -2.08. The van der Waals surface area contributed by atoms with Gasteiger partial charge in [0.2, 0.25) is 0 Å². The molecule has 0 amide bonds. The van der Waals surface area contributed by atoms with Crippen LogP contribution in [0.4, 0.5) is 0 Å². The third kappa shape index (κ3) is 6.83. The Balaban J connectivity index is 2.50. The van der Waals surface area contributed by atoms with E-state index in [9.17, 15) is 35.7 Å². The van der Waals surface area contributed by atoms with Crippen molar-refractivity contribution in [2.75, 3.05) is 19.8 Å². The van der Waals surface area contributed by atoms with Crippen LogP contribution >= 0.6 is 0 Å². The summed E-state index contributed by atoms with van der Waals surface area (Å²) < 4.78 is 5.36. The van der Waals surface area contributed by atoms with Crippen molar-refractivity contribution in [3.05, 3.63) is 0 Å². The highest BCUT2D eigenvalue weighted by Crippen LogP contribution is 2.39. The van der Waals surface area contributed by atoms with Crippen molar-refractivity contribution in [1.29, 1.82) is 0 Å². The van der Waals surface area contributed by atoms with Gasteiger partial charge in [-0.2, -0.15) is 0 Å². The fourth-order valence-corrected chi connectivity index (χ4v) is 4.18. The average molecular weight is 423 g/mol. The van der Waals surface area contributed by atoms with Crippen LogP contribution in [0.15, 0.2) is 0 Å². The lowest BCUT2D eigenvalue weighted by Gasteiger charge is -2.43. The molecule has 7 N–H and O–H groups in total. The molecule has 6 atom stereocenters. The molecule has 0 aromatic heterocycles. The van der Waals surface area contributed by atoms with Crippen molar-refractivity contribution >= 4 is 0 Å². The van der Waals surface area contributed by atoms with Crippen LogP contribution in [0.1, 0.15) is 77.6 Å². The first-order chi connectivity index (χ1) is 13.8. The van der Waals surface area contributed by atoms with Gasteiger partial charge in [0.1, 0.15) is 35.6 Å². The first-order valence-electron chi connectivity index (χ1n) is 11.1. The summed E-state index contributed by atoms with van der Waals surface area (Å²) in [6, 6.07) is 0. The topological polar surface area (TPSA) is 151 Å². The van der Waals surface area contributed by atoms with Crippen LogP contribution in [0.2, 0.25) is 0 Å². The van der Waals surface area contributed by atoms with E-state index in [-0.39, 0.29) is 6.42 Å². The largest absolute Gasteiger partial charge is 0.394 e. The van der Waals surface area contributed by atoms with Crippen LogP contribution in [0.3, 0.4) is 0 Å². The molecule has 1 aliphatic rings. The lowest BCUT2D eigenvalue weighted by atomic mass is 9.77. The zero-order chi connectivity index (χ0) is 21.9. The molecule has 0 spiro atoms. The van der Waals surface area contributed by atoms with Crippen LogP contribution in [0, 0.1) is 0 Å². The van der Waals surface area contributed by atoms with E-state index in [0.717, 1.165) is 19.3 Å². The Morgan fingerprint density at radius 1 is 0.897 bits per heavy atom. The predicted molar refractivity (Wildman–Crippen MR) is 108 cm³/mol. The van der Waals surface area contributed by atoms with Gasteiger partial charge in [-0.15, -0.1) is 0 Å². The van der Waals surface area contributed by atoms with Gasteiger partial charge >= 0.3 is 0 Å². The van der Waals surface area contributed by atoms with Gasteiger partial charge in [-0.3, -0.25) is 0 Å². The Kier molecular flexibility index (Phi) is 12.1. The monoisotopic (exact) mass is 422 g/mol. The quantitative estimate of drug-likeness (QED) is 0.175. The summed E-state index contributed by atoms with van der Waals surface area (Å²) in [5.74, 6) is 0. The van der Waals surface area contributed by atoms with Gasteiger partial charge in [-0.1, -0.05) is 71.1 Å². The molecule has 3 unspecified atom stereocenters. The number of aliphatic hydroxyl groups excluding tert-OH is 6. The highest BCUT2D eigenvalue weighted by atomic mass is 16.6. The van der Waals surface area contributed by atoms with Crippen molar-refractivity contribution in [2.24, 2.45) is 0 Å². The maximum atomic E-state index is 10.8. The fourth-order valence-electron chi connectivity index (χ4n) is 4.18. The zero-order valence-electron chi connectivity index (χ0n) is 17.7. The smallest absolute Gasteiger partial charge is 0.149 e. The van der Waals surface area contributed by atoms with Gasteiger partial charge < -0.3 is 40.5 Å². The summed E-state index contributed by atoms with van der Waals surface area (Å²) in [4.78, 5) is 0. The Labute approximate surface area is 174 Å². The molecular weight excluding hydrogens is 380 g/mol. The second-order valence-corrected chi connectivity index (χ2v) is 8.48. The summed E-state index contributed by atoms with van der Waals surface area (Å²) in [6.07, 6.45) is 4.68. The van der Waals surface area contributed by atoms with Crippen molar-refractivity contribution in [3.63, 3.8) is 0 Å². The molecule has 0 aromatic rings. The third-order valence-corrected chi connectivity index (χ3v) is 6.21. The minimum absolute atomic E-state index is 0.0544. The van der Waals surface area contributed by atoms with Crippen LogP contribution < -0.4 is 0 Å². The third-order valence-electron chi connectivity index (χ3n) is 6.21. The number of rotatable bonds is 16. The summed E-state index contributed by atoms with van der Waals surface area (Å²) >= 11 is 0. The van der Waals surface area contributed by atoms with E-state index in [1.54, 1.807) is 0 Å². The summed E-state index contributed by atoms with van der Waals surface area (Å²) in [6.45, 7) is -0.102. The molecule has 0 aliphatic carbocycles. The lowest BCUT2D eigenvalue weighted by molar-refractivity contribution is -0.236. The molecule has 8 heteroatoms. The molecule has 8 nitrogen and oxygen atoms in total. The average Bonchev–Trinajstić information content (AvgIpc) is 2.99. The first kappa shape index (κ1) is 26.7. The standard InChI is InChI=1S/C21H42O8/c1-2-3-4-5-6-7-8-9-10-11-12-20(28,14-23)19(27)21(15-24)18(26)17(25)16(13-22)29-21/h16-19,22-28H,2-15H2,1H3/t16-,17-,18+,19?,20?,21?/m1/s1. The van der Waals surface area contributed by atoms with Gasteiger partial charge in [0.15, 0.2) is 0 Å². The van der Waals surface area contributed by atoms with Crippen LogP contribution in [0.25, 0.3) is 0 Å². The molecule has 1 heterocycles. The van der Waals surface area contributed by atoms with Crippen molar-refractivity contribution in [3.8, 4) is 0 Å². The number of unbranched alkanes of at least 4 members (excludes halogenated alkanes) is 9. The molecule has 1 fully saturated rings. The number of hydrogen-bond acceptors (Lipinski definition) is 8. The van der Waals surface area contributed by atoms with E-state index in [4.69, 9.17) is 4.74 Å². The Hall–Kier alpha value is -0.320. The van der Waals surface area contributed by atoms with Crippen molar-refractivity contribution in [2.45, 2.75) is 113 Å². The molecule has 29 heavy (non-hydrogen) atoms. The highest BCUT2D eigenvalue weighted by molar-refractivity contribution is 5.11. The Morgan fingerprint density at radius 2 is 1.41 bits per heavy atom. The van der Waals surface area contributed by atoms with Crippen molar-refractivity contribution < 1.29 is 40.5 Å². The number of aliphatic hydroxyl groups is 7. The van der Waals surface area contributed by atoms with E-state index >= 15 is 0 Å². The number of ether oxygens (including phenoxy) is 1. The number of hydrogen-bond donors (Lipinski definition) is 7. The highest BCUT2D eigenvalue weighted by Gasteiger charge is 2.62. The maximum absolute atomic E-state index is 10.8. The zero-order valence-corrected chi connectivity index (χ0v) is 17.7. The molecule has 174 valence electrons. The molecular formula is C21H42O8. The Morgan fingerprint density at radius 3 is 1.83 bits per heavy atom. The summed E-state index contributed by atoms with van der Waals surface area (Å²) in [7, 11) is 0. The van der Waals surface area contributed by atoms with E-state index in [1.165, 1.54) is 38.5 Å². The van der Waals surface area contributed by atoms with Gasteiger partial charge in [-0.05, 0) is 6.42 Å². The van der Waals surface area contributed by atoms with Crippen molar-refractivity contribution in [1.82, 2.24) is 0 Å². The van der Waals surface area contributed by atoms with Gasteiger partial charge in [0.25, 0.3) is 0 Å². The van der Waals surface area contributed by atoms with Gasteiger partial charge in [0.05, 0.1) is 19.8 Å². The molecule has 0 radical (unpaired) electrons. The molecule has 0 saturated carbocycles. The van der Waals surface area contributed by atoms with Crippen LogP contribution in [-0.4, -0.2) is 91.2 Å². The molecule has 0 aromatic carbocycles. The van der Waals surface area contributed by atoms with E-state index in [1.807, 2.05) is 0 Å². The normalized spacial score (nSPS) is 30.4. The summed E-state index contributed by atoms with van der Waals surface area (Å²) in [5, 5.41) is 70.5. The summed E-state index contributed by atoms with van der Waals surface area (Å²) in [5.41, 5.74) is -4.09. The molecule has 1 saturated heterocycles. The van der Waals surface area contributed by atoms with E-state index in [0.29, 0.717) is 6.42 Å². The molecule has 1 aliphatic heterocycles. The van der Waals surface area contributed by atoms with E-state index < -0.39 is 55.4 Å². The van der Waals surface area contributed by atoms with E-state index in [2.05, 4.69) is 6.92 Å². The first-order valence-corrected chi connectivity index (χ1v) is 11.1. The fraction of sp³-hybridized carbons (Fsp3) is 1.00. The molecule has 1 rings (SSSR count). The predicted octanol–water partition coefficient (Wildman–Crippen LogP) is 0.226. The Bertz CT molecular complexity index is 437. The van der Waals surface area contributed by atoms with Crippen LogP contribution in [-0.2, 0) is 4.74 Å². The lowest BCUT2D eigenvalue weighted by Crippen LogP contribution is -2.65. The van der Waals surface area contributed by atoms with Gasteiger partial charge in [-0.25, -0.2) is 0 Å². The maximum Gasteiger partial charge on any atom is 0.149 e.